The van der Waals surface area contributed by atoms with Crippen molar-refractivity contribution in [2.75, 3.05) is 0 Å². The van der Waals surface area contributed by atoms with Gasteiger partial charge in [0.2, 0.25) is 0 Å². The SMILES string of the molecule is Cc1c(O)c(O)c(C=O)c2c1C(c1ccc3c(c1)CCC1C3CC[C@]3(C)C(=O)CCC13)CC2. The topological polar surface area (TPSA) is 74.6 Å². The van der Waals surface area contributed by atoms with Gasteiger partial charge in [-0.15, -0.1) is 0 Å². The van der Waals surface area contributed by atoms with Crippen LogP contribution >= 0.6 is 0 Å². The molecule has 4 aliphatic carbocycles. The standard InChI is InChI=1S/C29H32O4/c1-15-26-19(7-8-22(26)23(14-30)28(33)27(15)32)17-3-5-18-16(13-17)4-6-21-20(18)11-12-29(2)24(21)9-10-25(29)31/h3,5,13-14,19-21,24,32-33H,4,6-12H2,1-2H3/t19?,20?,21?,24?,29-/m0/s1. The molecule has 0 heterocycles. The van der Waals surface area contributed by atoms with Gasteiger partial charge in [-0.3, -0.25) is 9.59 Å². The lowest BCUT2D eigenvalue weighted by Crippen LogP contribution is -2.42. The highest BCUT2D eigenvalue weighted by Crippen LogP contribution is 2.59. The van der Waals surface area contributed by atoms with Crippen molar-refractivity contribution in [3.8, 4) is 11.5 Å². The van der Waals surface area contributed by atoms with Crippen LogP contribution in [0.3, 0.4) is 0 Å². The van der Waals surface area contributed by atoms with Gasteiger partial charge in [-0.05, 0) is 103 Å². The summed E-state index contributed by atoms with van der Waals surface area (Å²) >= 11 is 0. The van der Waals surface area contributed by atoms with Crippen molar-refractivity contribution < 1.29 is 19.8 Å². The number of phenols is 2. The number of carbonyl (C=O) groups is 2. The monoisotopic (exact) mass is 444 g/mol. The Kier molecular flexibility index (Phi) is 4.56. The van der Waals surface area contributed by atoms with Crippen molar-refractivity contribution in [2.45, 2.75) is 77.0 Å². The Hall–Kier alpha value is -2.62. The van der Waals surface area contributed by atoms with E-state index in [1.807, 2.05) is 6.92 Å². The highest BCUT2D eigenvalue weighted by molar-refractivity contribution is 5.87. The quantitative estimate of drug-likeness (QED) is 0.459. The van der Waals surface area contributed by atoms with E-state index >= 15 is 0 Å². The van der Waals surface area contributed by atoms with Crippen LogP contribution in [0.15, 0.2) is 18.2 Å². The minimum atomic E-state index is -0.284. The first-order valence-corrected chi connectivity index (χ1v) is 12.5. The van der Waals surface area contributed by atoms with Gasteiger partial charge in [0, 0.05) is 17.8 Å². The predicted molar refractivity (Wildman–Crippen MR) is 126 cm³/mol. The molecule has 2 saturated carbocycles. The van der Waals surface area contributed by atoms with Gasteiger partial charge in [0.1, 0.15) is 5.78 Å². The van der Waals surface area contributed by atoms with E-state index < -0.39 is 0 Å². The molecule has 2 aromatic rings. The summed E-state index contributed by atoms with van der Waals surface area (Å²) in [4.78, 5) is 24.3. The molecule has 33 heavy (non-hydrogen) atoms. The van der Waals surface area contributed by atoms with Crippen molar-refractivity contribution in [1.29, 1.82) is 0 Å². The fourth-order valence-electron chi connectivity index (χ4n) is 8.17. The van der Waals surface area contributed by atoms with E-state index in [0.717, 1.165) is 56.1 Å². The van der Waals surface area contributed by atoms with Crippen LogP contribution in [-0.4, -0.2) is 22.3 Å². The third kappa shape index (κ3) is 2.76. The third-order valence-electron chi connectivity index (χ3n) is 9.90. The number of hydrogen-bond acceptors (Lipinski definition) is 4. The van der Waals surface area contributed by atoms with E-state index in [0.29, 0.717) is 35.4 Å². The van der Waals surface area contributed by atoms with E-state index in [4.69, 9.17) is 0 Å². The van der Waals surface area contributed by atoms with E-state index in [1.54, 1.807) is 0 Å². The first kappa shape index (κ1) is 20.9. The second-order valence-electron chi connectivity index (χ2n) is 11.1. The third-order valence-corrected chi connectivity index (χ3v) is 9.90. The molecule has 0 aliphatic heterocycles. The van der Waals surface area contributed by atoms with Crippen LogP contribution in [0.25, 0.3) is 0 Å². The number of carbonyl (C=O) groups excluding carboxylic acids is 2. The van der Waals surface area contributed by atoms with E-state index in [2.05, 4.69) is 25.1 Å². The molecule has 6 rings (SSSR count). The minimum absolute atomic E-state index is 0.0897. The molecular weight excluding hydrogens is 412 g/mol. The average molecular weight is 445 g/mol. The van der Waals surface area contributed by atoms with Crippen LogP contribution < -0.4 is 0 Å². The number of benzene rings is 2. The molecule has 0 radical (unpaired) electrons. The molecule has 4 unspecified atom stereocenters. The molecule has 5 atom stereocenters. The van der Waals surface area contributed by atoms with Gasteiger partial charge in [0.15, 0.2) is 17.8 Å². The average Bonchev–Trinajstić information content (AvgIpc) is 3.39. The zero-order valence-corrected chi connectivity index (χ0v) is 19.5. The van der Waals surface area contributed by atoms with Crippen LogP contribution in [-0.2, 0) is 17.6 Å². The zero-order chi connectivity index (χ0) is 23.1. The molecule has 4 nitrogen and oxygen atoms in total. The van der Waals surface area contributed by atoms with E-state index in [-0.39, 0.29) is 28.4 Å². The maximum absolute atomic E-state index is 12.6. The number of fused-ring (bicyclic) bond motifs is 6. The first-order valence-electron chi connectivity index (χ1n) is 12.5. The molecule has 0 spiro atoms. The van der Waals surface area contributed by atoms with Crippen LogP contribution in [0, 0.1) is 24.2 Å². The lowest BCUT2D eigenvalue weighted by molar-refractivity contribution is -0.129. The van der Waals surface area contributed by atoms with Crippen molar-refractivity contribution in [2.24, 2.45) is 17.3 Å². The Bertz CT molecular complexity index is 1190. The Morgan fingerprint density at radius 1 is 1.03 bits per heavy atom. The number of phenolic OH excluding ortho intramolecular Hbond substituents is 2. The normalized spacial score (nSPS) is 32.1. The molecule has 0 amide bonds. The lowest BCUT2D eigenvalue weighted by atomic mass is 9.55. The number of hydrogen-bond donors (Lipinski definition) is 2. The number of aldehydes is 1. The molecular formula is C29H32O4. The molecule has 2 fully saturated rings. The first-order chi connectivity index (χ1) is 15.8. The van der Waals surface area contributed by atoms with Gasteiger partial charge in [-0.25, -0.2) is 0 Å². The summed E-state index contributed by atoms with van der Waals surface area (Å²) in [6.07, 6.45) is 8.48. The second-order valence-corrected chi connectivity index (χ2v) is 11.1. The summed E-state index contributed by atoms with van der Waals surface area (Å²) in [5.41, 5.74) is 6.90. The smallest absolute Gasteiger partial charge is 0.168 e. The largest absolute Gasteiger partial charge is 0.504 e. The number of aromatic hydroxyl groups is 2. The Balaban J connectivity index is 1.36. The van der Waals surface area contributed by atoms with Crippen molar-refractivity contribution >= 4 is 12.1 Å². The molecule has 2 aromatic carbocycles. The van der Waals surface area contributed by atoms with Crippen LogP contribution in [0.4, 0.5) is 0 Å². The molecule has 4 heteroatoms. The zero-order valence-electron chi connectivity index (χ0n) is 19.5. The number of rotatable bonds is 2. The van der Waals surface area contributed by atoms with Crippen LogP contribution in [0.5, 0.6) is 11.5 Å². The fraction of sp³-hybridized carbons (Fsp3) is 0.517. The Morgan fingerprint density at radius 2 is 1.85 bits per heavy atom. The molecule has 0 bridgehead atoms. The maximum Gasteiger partial charge on any atom is 0.168 e. The van der Waals surface area contributed by atoms with Gasteiger partial charge in [-0.1, -0.05) is 25.1 Å². The summed E-state index contributed by atoms with van der Waals surface area (Å²) in [6, 6.07) is 6.94. The Morgan fingerprint density at radius 3 is 2.64 bits per heavy atom. The van der Waals surface area contributed by atoms with Crippen LogP contribution in [0.1, 0.15) is 101 Å². The van der Waals surface area contributed by atoms with Gasteiger partial charge in [-0.2, -0.15) is 0 Å². The molecule has 0 saturated heterocycles. The summed E-state index contributed by atoms with van der Waals surface area (Å²) < 4.78 is 0. The van der Waals surface area contributed by atoms with Crippen molar-refractivity contribution in [3.63, 3.8) is 0 Å². The molecule has 172 valence electrons. The number of ketones is 1. The minimum Gasteiger partial charge on any atom is -0.504 e. The number of Topliss-reactive ketones (excluding diaryl/α,β-unsaturated/α-hetero) is 1. The summed E-state index contributed by atoms with van der Waals surface area (Å²) in [7, 11) is 0. The lowest BCUT2D eigenvalue weighted by Gasteiger charge is -2.48. The summed E-state index contributed by atoms with van der Waals surface area (Å²) in [5.74, 6) is 1.90. The van der Waals surface area contributed by atoms with Gasteiger partial charge >= 0.3 is 0 Å². The number of aryl methyl sites for hydroxylation is 1. The van der Waals surface area contributed by atoms with Gasteiger partial charge in [0.25, 0.3) is 0 Å². The molecule has 0 aromatic heterocycles. The molecule has 4 aliphatic rings. The Labute approximate surface area is 195 Å². The van der Waals surface area contributed by atoms with Crippen molar-refractivity contribution in [1.82, 2.24) is 0 Å². The van der Waals surface area contributed by atoms with Crippen molar-refractivity contribution in [3.05, 3.63) is 57.1 Å². The van der Waals surface area contributed by atoms with Crippen LogP contribution in [0.2, 0.25) is 0 Å². The molecule has 2 N–H and O–H groups in total. The maximum atomic E-state index is 12.6. The summed E-state index contributed by atoms with van der Waals surface area (Å²) in [5, 5.41) is 20.7. The second kappa shape index (κ2) is 7.19. The predicted octanol–water partition coefficient (Wildman–Crippen LogP) is 5.72. The van der Waals surface area contributed by atoms with Gasteiger partial charge in [0.05, 0.1) is 5.56 Å². The van der Waals surface area contributed by atoms with E-state index in [9.17, 15) is 19.8 Å². The fourth-order valence-corrected chi connectivity index (χ4v) is 8.17. The van der Waals surface area contributed by atoms with E-state index in [1.165, 1.54) is 23.1 Å². The van der Waals surface area contributed by atoms with Gasteiger partial charge < -0.3 is 10.2 Å². The highest BCUT2D eigenvalue weighted by atomic mass is 16.3. The highest BCUT2D eigenvalue weighted by Gasteiger charge is 2.54. The summed E-state index contributed by atoms with van der Waals surface area (Å²) in [6.45, 7) is 4.06.